The number of urea groups is 1. The zero-order valence-corrected chi connectivity index (χ0v) is 9.19. The van der Waals surface area contributed by atoms with Crippen molar-refractivity contribution in [2.75, 3.05) is 19.6 Å². The third-order valence-electron chi connectivity index (χ3n) is 2.82. The number of carboxylic acid groups (broad SMARTS) is 1. The Morgan fingerprint density at radius 1 is 1.53 bits per heavy atom. The lowest BCUT2D eigenvalue weighted by Gasteiger charge is -2.36. The quantitative estimate of drug-likeness (QED) is 0.725. The Balaban J connectivity index is 2.18. The van der Waals surface area contributed by atoms with Gasteiger partial charge in [0.2, 0.25) is 0 Å². The zero-order valence-electron chi connectivity index (χ0n) is 9.19. The summed E-state index contributed by atoms with van der Waals surface area (Å²) >= 11 is 0. The number of carbonyl (C=O) groups is 2. The van der Waals surface area contributed by atoms with E-state index in [1.807, 2.05) is 0 Å². The third kappa shape index (κ3) is 3.11. The van der Waals surface area contributed by atoms with Gasteiger partial charge in [-0.1, -0.05) is 20.3 Å². The van der Waals surface area contributed by atoms with E-state index in [1.54, 1.807) is 0 Å². The van der Waals surface area contributed by atoms with Gasteiger partial charge in [-0.05, 0) is 5.92 Å². The largest absolute Gasteiger partial charge is 0.481 e. The first-order valence-electron chi connectivity index (χ1n) is 5.30. The number of carbonyl (C=O) groups excluding carboxylic acids is 1. The minimum Gasteiger partial charge on any atom is -0.481 e. The SMILES string of the molecule is CCC(C)CNC(=O)N1CC(C(=O)O)C1. The Kier molecular flexibility index (Phi) is 3.94. The van der Waals surface area contributed by atoms with Gasteiger partial charge >= 0.3 is 12.0 Å². The zero-order chi connectivity index (χ0) is 11.4. The molecule has 0 radical (unpaired) electrons. The van der Waals surface area contributed by atoms with Crippen LogP contribution in [0.1, 0.15) is 20.3 Å². The van der Waals surface area contributed by atoms with Gasteiger partial charge in [0.1, 0.15) is 0 Å². The molecule has 2 N–H and O–H groups in total. The highest BCUT2D eigenvalue weighted by Crippen LogP contribution is 2.15. The Labute approximate surface area is 89.4 Å². The number of nitrogens with one attached hydrogen (secondary N) is 1. The van der Waals surface area contributed by atoms with Gasteiger partial charge in [-0.25, -0.2) is 4.79 Å². The summed E-state index contributed by atoms with van der Waals surface area (Å²) in [5, 5.41) is 11.4. The van der Waals surface area contributed by atoms with Crippen LogP contribution in [0.4, 0.5) is 4.79 Å². The van der Waals surface area contributed by atoms with E-state index in [4.69, 9.17) is 5.11 Å². The first kappa shape index (κ1) is 11.8. The van der Waals surface area contributed by atoms with Crippen LogP contribution in [0.3, 0.4) is 0 Å². The van der Waals surface area contributed by atoms with Crippen LogP contribution < -0.4 is 5.32 Å². The first-order chi connectivity index (χ1) is 7.04. The molecular weight excluding hydrogens is 196 g/mol. The smallest absolute Gasteiger partial charge is 0.317 e. The molecule has 86 valence electrons. The van der Waals surface area contributed by atoms with Crippen LogP contribution >= 0.6 is 0 Å². The molecule has 0 aromatic carbocycles. The monoisotopic (exact) mass is 214 g/mol. The second-order valence-corrected chi connectivity index (χ2v) is 4.14. The van der Waals surface area contributed by atoms with Crippen molar-refractivity contribution in [2.24, 2.45) is 11.8 Å². The maximum Gasteiger partial charge on any atom is 0.317 e. The number of nitrogens with zero attached hydrogens (tertiary/aromatic N) is 1. The lowest BCUT2D eigenvalue weighted by molar-refractivity contribution is -0.146. The molecule has 0 spiro atoms. The number of amides is 2. The van der Waals surface area contributed by atoms with Gasteiger partial charge in [-0.2, -0.15) is 0 Å². The van der Waals surface area contributed by atoms with E-state index in [-0.39, 0.29) is 11.9 Å². The maximum atomic E-state index is 11.4. The molecule has 1 rings (SSSR count). The Hall–Kier alpha value is -1.26. The van der Waals surface area contributed by atoms with Gasteiger partial charge in [-0.3, -0.25) is 4.79 Å². The maximum absolute atomic E-state index is 11.4. The minimum absolute atomic E-state index is 0.146. The topological polar surface area (TPSA) is 69.6 Å². The molecule has 0 bridgehead atoms. The normalized spacial score (nSPS) is 18.1. The van der Waals surface area contributed by atoms with E-state index in [1.165, 1.54) is 4.90 Å². The molecule has 1 saturated heterocycles. The van der Waals surface area contributed by atoms with E-state index in [9.17, 15) is 9.59 Å². The van der Waals surface area contributed by atoms with Crippen molar-refractivity contribution >= 4 is 12.0 Å². The van der Waals surface area contributed by atoms with Crippen LogP contribution in [0.25, 0.3) is 0 Å². The summed E-state index contributed by atoms with van der Waals surface area (Å²) in [6.07, 6.45) is 1.03. The summed E-state index contributed by atoms with van der Waals surface area (Å²) in [5.74, 6) is -0.731. The number of likely N-dealkylation sites (tertiary alicyclic amines) is 1. The number of hydrogen-bond acceptors (Lipinski definition) is 2. The van der Waals surface area contributed by atoms with Crippen molar-refractivity contribution in [2.45, 2.75) is 20.3 Å². The van der Waals surface area contributed by atoms with Crippen molar-refractivity contribution in [1.29, 1.82) is 0 Å². The summed E-state index contributed by atoms with van der Waals surface area (Å²) in [7, 11) is 0. The fourth-order valence-corrected chi connectivity index (χ4v) is 1.32. The van der Waals surface area contributed by atoms with E-state index in [2.05, 4.69) is 19.2 Å². The molecule has 1 atom stereocenters. The fraction of sp³-hybridized carbons (Fsp3) is 0.800. The second-order valence-electron chi connectivity index (χ2n) is 4.14. The molecule has 15 heavy (non-hydrogen) atoms. The molecule has 5 nitrogen and oxygen atoms in total. The second kappa shape index (κ2) is 5.00. The lowest BCUT2D eigenvalue weighted by atomic mass is 10.0. The van der Waals surface area contributed by atoms with E-state index < -0.39 is 5.97 Å². The van der Waals surface area contributed by atoms with Crippen molar-refractivity contribution in [3.8, 4) is 0 Å². The molecule has 1 fully saturated rings. The Morgan fingerprint density at radius 2 is 2.13 bits per heavy atom. The standard InChI is InChI=1S/C10H18N2O3/c1-3-7(2)4-11-10(15)12-5-8(6-12)9(13)14/h7-8H,3-6H2,1-2H3,(H,11,15)(H,13,14). The molecule has 1 aliphatic heterocycles. The summed E-state index contributed by atoms with van der Waals surface area (Å²) in [4.78, 5) is 23.5. The Bertz CT molecular complexity index is 249. The number of carboxylic acids is 1. The van der Waals surface area contributed by atoms with E-state index in [0.717, 1.165) is 6.42 Å². The highest BCUT2D eigenvalue weighted by atomic mass is 16.4. The Morgan fingerprint density at radius 3 is 2.60 bits per heavy atom. The van der Waals surface area contributed by atoms with Gasteiger partial charge < -0.3 is 15.3 Å². The van der Waals surface area contributed by atoms with Gasteiger partial charge in [0.15, 0.2) is 0 Å². The highest BCUT2D eigenvalue weighted by Gasteiger charge is 2.35. The van der Waals surface area contributed by atoms with Gasteiger partial charge in [0.05, 0.1) is 5.92 Å². The number of rotatable bonds is 4. The van der Waals surface area contributed by atoms with Crippen LogP contribution in [-0.4, -0.2) is 41.6 Å². The molecule has 2 amide bonds. The predicted octanol–water partition coefficient (Wildman–Crippen LogP) is 0.758. The summed E-state index contributed by atoms with van der Waals surface area (Å²) in [5.41, 5.74) is 0. The molecule has 0 aromatic heterocycles. The van der Waals surface area contributed by atoms with Gasteiger partial charge in [0, 0.05) is 19.6 Å². The molecular formula is C10H18N2O3. The molecule has 0 aliphatic carbocycles. The van der Waals surface area contributed by atoms with Crippen molar-refractivity contribution in [3.05, 3.63) is 0 Å². The van der Waals surface area contributed by atoms with E-state index >= 15 is 0 Å². The average molecular weight is 214 g/mol. The summed E-state index contributed by atoms with van der Waals surface area (Å²) in [6, 6.07) is -0.146. The fourth-order valence-electron chi connectivity index (χ4n) is 1.32. The summed E-state index contributed by atoms with van der Waals surface area (Å²) < 4.78 is 0. The number of hydrogen-bond donors (Lipinski definition) is 2. The molecule has 1 unspecified atom stereocenters. The summed E-state index contributed by atoms with van der Waals surface area (Å²) in [6.45, 7) is 5.46. The van der Waals surface area contributed by atoms with E-state index in [0.29, 0.717) is 25.6 Å². The van der Waals surface area contributed by atoms with Crippen LogP contribution in [0, 0.1) is 11.8 Å². The van der Waals surface area contributed by atoms with Crippen LogP contribution in [0.5, 0.6) is 0 Å². The molecule has 5 heteroatoms. The van der Waals surface area contributed by atoms with Crippen LogP contribution in [0.15, 0.2) is 0 Å². The van der Waals surface area contributed by atoms with Crippen molar-refractivity contribution < 1.29 is 14.7 Å². The lowest BCUT2D eigenvalue weighted by Crippen LogP contribution is -2.56. The van der Waals surface area contributed by atoms with Crippen LogP contribution in [-0.2, 0) is 4.79 Å². The molecule has 0 saturated carbocycles. The molecule has 1 aliphatic rings. The predicted molar refractivity (Wildman–Crippen MR) is 55.6 cm³/mol. The molecule has 0 aromatic rings. The minimum atomic E-state index is -0.819. The number of aliphatic carboxylic acids is 1. The average Bonchev–Trinajstić information content (AvgIpc) is 2.11. The van der Waals surface area contributed by atoms with Gasteiger partial charge in [-0.15, -0.1) is 0 Å². The van der Waals surface area contributed by atoms with Crippen molar-refractivity contribution in [3.63, 3.8) is 0 Å². The molecule has 1 heterocycles. The first-order valence-corrected chi connectivity index (χ1v) is 5.30. The highest BCUT2D eigenvalue weighted by molar-refractivity contribution is 5.79. The van der Waals surface area contributed by atoms with Gasteiger partial charge in [0.25, 0.3) is 0 Å². The third-order valence-corrected chi connectivity index (χ3v) is 2.82. The van der Waals surface area contributed by atoms with Crippen molar-refractivity contribution in [1.82, 2.24) is 10.2 Å². The van der Waals surface area contributed by atoms with Crippen LogP contribution in [0.2, 0.25) is 0 Å².